The number of rotatable bonds is 5. The number of nitrogens with zero attached hydrogens (tertiary/aromatic N) is 2. The van der Waals surface area contributed by atoms with Crippen molar-refractivity contribution in [2.24, 2.45) is 0 Å². The quantitative estimate of drug-likeness (QED) is 0.318. The molecule has 0 radical (unpaired) electrons. The van der Waals surface area contributed by atoms with Crippen molar-refractivity contribution < 1.29 is 14.8 Å². The number of carboxylic acids is 1. The van der Waals surface area contributed by atoms with Crippen molar-refractivity contribution in [3.05, 3.63) is 109 Å². The molecule has 0 aliphatic rings. The van der Waals surface area contributed by atoms with E-state index in [1.54, 1.807) is 48.5 Å². The summed E-state index contributed by atoms with van der Waals surface area (Å²) in [5.74, 6) is -1.26. The molecular weight excluding hydrogens is 464 g/mol. The zero-order valence-corrected chi connectivity index (χ0v) is 17.6. The molecule has 0 amide bonds. The Balaban J connectivity index is 2.07. The van der Waals surface area contributed by atoms with Gasteiger partial charge in [0.1, 0.15) is 5.69 Å². The molecule has 0 saturated heterocycles. The summed E-state index contributed by atoms with van der Waals surface area (Å²) in [6.45, 7) is -0.117. The van der Waals surface area contributed by atoms with Gasteiger partial charge in [-0.15, -0.1) is 0 Å². The summed E-state index contributed by atoms with van der Waals surface area (Å²) in [6, 6.07) is 19.9. The predicted octanol–water partition coefficient (Wildman–Crippen LogP) is 5.09. The summed E-state index contributed by atoms with van der Waals surface area (Å²) < 4.78 is 1.88. The monoisotopic (exact) mass is 478 g/mol. The van der Waals surface area contributed by atoms with Crippen LogP contribution in [-0.4, -0.2) is 20.6 Å². The molecule has 0 spiro atoms. The minimum Gasteiger partial charge on any atom is -0.477 e. The van der Waals surface area contributed by atoms with Gasteiger partial charge >= 0.3 is 5.97 Å². The number of hydrogen-bond donors (Lipinski definition) is 1. The number of hydrogen-bond acceptors (Lipinski definition) is 4. The van der Waals surface area contributed by atoms with Crippen LogP contribution >= 0.6 is 15.9 Å². The fourth-order valence-corrected chi connectivity index (χ4v) is 4.00. The van der Waals surface area contributed by atoms with Gasteiger partial charge in [0.15, 0.2) is 0 Å². The van der Waals surface area contributed by atoms with Gasteiger partial charge in [0.2, 0.25) is 0 Å². The number of halogens is 1. The second-order valence-corrected chi connectivity index (χ2v) is 7.82. The summed E-state index contributed by atoms with van der Waals surface area (Å²) in [4.78, 5) is 36.3. The Morgan fingerprint density at radius 3 is 2.42 bits per heavy atom. The summed E-state index contributed by atoms with van der Waals surface area (Å²) in [5.41, 5.74) is 0.731. The molecule has 4 rings (SSSR count). The van der Waals surface area contributed by atoms with Gasteiger partial charge < -0.3 is 5.11 Å². The van der Waals surface area contributed by atoms with Crippen LogP contribution in [0, 0.1) is 10.1 Å². The second-order valence-electron chi connectivity index (χ2n) is 6.90. The minimum atomic E-state index is -1.26. The number of pyridine rings is 1. The van der Waals surface area contributed by atoms with Gasteiger partial charge in [0.05, 0.1) is 11.5 Å². The summed E-state index contributed by atoms with van der Waals surface area (Å²) in [7, 11) is 0. The molecule has 1 aromatic heterocycles. The molecule has 4 aromatic rings. The maximum atomic E-state index is 13.3. The Bertz CT molecular complexity index is 1400. The van der Waals surface area contributed by atoms with Gasteiger partial charge in [-0.25, -0.2) is 4.79 Å². The zero-order chi connectivity index (χ0) is 22.1. The molecule has 1 N–H and O–H groups in total. The van der Waals surface area contributed by atoms with Crippen LogP contribution in [0.4, 0.5) is 5.69 Å². The van der Waals surface area contributed by atoms with Crippen LogP contribution in [0.15, 0.2) is 82.1 Å². The fraction of sp³-hybridized carbons (Fsp3) is 0.0435. The molecule has 0 aliphatic heterocycles. The maximum Gasteiger partial charge on any atom is 0.353 e. The average molecular weight is 479 g/mol. The Morgan fingerprint density at radius 2 is 1.74 bits per heavy atom. The highest BCUT2D eigenvalue weighted by atomic mass is 79.9. The number of carbonyl (C=O) groups is 1. The first-order chi connectivity index (χ1) is 14.9. The maximum absolute atomic E-state index is 13.3. The number of aromatic carboxylic acids is 1. The lowest BCUT2D eigenvalue weighted by atomic mass is 9.96. The number of non-ortho nitro benzene ring substituents is 1. The van der Waals surface area contributed by atoms with Crippen LogP contribution in [0.3, 0.4) is 0 Å². The minimum absolute atomic E-state index is 0.117. The average Bonchev–Trinajstić information content (AvgIpc) is 2.76. The molecule has 31 heavy (non-hydrogen) atoms. The van der Waals surface area contributed by atoms with E-state index in [2.05, 4.69) is 15.9 Å². The van der Waals surface area contributed by atoms with E-state index in [9.17, 15) is 24.8 Å². The van der Waals surface area contributed by atoms with Crippen molar-refractivity contribution in [2.75, 3.05) is 0 Å². The first-order valence-corrected chi connectivity index (χ1v) is 10.0. The van der Waals surface area contributed by atoms with Crippen molar-refractivity contribution in [3.8, 4) is 11.1 Å². The molecule has 7 nitrogen and oxygen atoms in total. The Kier molecular flexibility index (Phi) is 5.39. The third-order valence-corrected chi connectivity index (χ3v) is 5.45. The zero-order valence-electron chi connectivity index (χ0n) is 16.0. The van der Waals surface area contributed by atoms with Gasteiger partial charge in [0, 0.05) is 27.6 Å². The van der Waals surface area contributed by atoms with E-state index in [0.717, 1.165) is 0 Å². The summed E-state index contributed by atoms with van der Waals surface area (Å²) in [6.07, 6.45) is 0. The standard InChI is InChI=1S/C23H15BrN2O5/c24-16-9-10-18-19(12-16)20(15-6-2-1-3-7-15)21(23(28)29)25(22(18)27)13-14-5-4-8-17(11-14)26(30)31/h1-12H,13H2,(H,28,29). The van der Waals surface area contributed by atoms with Crippen molar-refractivity contribution in [1.82, 2.24) is 4.57 Å². The van der Waals surface area contributed by atoms with Gasteiger partial charge in [-0.05, 0) is 34.7 Å². The van der Waals surface area contributed by atoms with Crippen molar-refractivity contribution in [1.29, 1.82) is 0 Å². The van der Waals surface area contributed by atoms with E-state index in [1.165, 1.54) is 22.8 Å². The molecule has 0 unspecified atom stereocenters. The normalized spacial score (nSPS) is 10.9. The lowest BCUT2D eigenvalue weighted by molar-refractivity contribution is -0.384. The SMILES string of the molecule is O=C(O)c1c(-c2ccccc2)c2cc(Br)ccc2c(=O)n1Cc1cccc([N+](=O)[O-])c1. The lowest BCUT2D eigenvalue weighted by Gasteiger charge is -2.18. The highest BCUT2D eigenvalue weighted by molar-refractivity contribution is 9.10. The van der Waals surface area contributed by atoms with Crippen LogP contribution in [0.1, 0.15) is 16.1 Å². The number of fused-ring (bicyclic) bond motifs is 1. The number of benzene rings is 3. The fourth-order valence-electron chi connectivity index (χ4n) is 3.64. The first-order valence-electron chi connectivity index (χ1n) is 9.25. The van der Waals surface area contributed by atoms with E-state index < -0.39 is 16.5 Å². The van der Waals surface area contributed by atoms with E-state index in [-0.39, 0.29) is 17.9 Å². The molecule has 0 bridgehead atoms. The second kappa shape index (κ2) is 8.16. The smallest absolute Gasteiger partial charge is 0.353 e. The van der Waals surface area contributed by atoms with Gasteiger partial charge in [-0.3, -0.25) is 19.5 Å². The third-order valence-electron chi connectivity index (χ3n) is 4.96. The largest absolute Gasteiger partial charge is 0.477 e. The molecule has 0 fully saturated rings. The van der Waals surface area contributed by atoms with Crippen molar-refractivity contribution in [3.63, 3.8) is 0 Å². The lowest BCUT2D eigenvalue weighted by Crippen LogP contribution is -2.28. The molecule has 1 heterocycles. The van der Waals surface area contributed by atoms with Crippen LogP contribution in [0.5, 0.6) is 0 Å². The molecule has 0 aliphatic carbocycles. The highest BCUT2D eigenvalue weighted by Gasteiger charge is 2.23. The molecule has 3 aromatic carbocycles. The van der Waals surface area contributed by atoms with Crippen LogP contribution in [0.25, 0.3) is 21.9 Å². The Morgan fingerprint density at radius 1 is 1.00 bits per heavy atom. The summed E-state index contributed by atoms with van der Waals surface area (Å²) in [5, 5.41) is 22.1. The molecule has 8 heteroatoms. The predicted molar refractivity (Wildman–Crippen MR) is 121 cm³/mol. The van der Waals surface area contributed by atoms with Gasteiger partial charge in [0.25, 0.3) is 11.2 Å². The Hall–Kier alpha value is -3.78. The topological polar surface area (TPSA) is 102 Å². The van der Waals surface area contributed by atoms with Crippen LogP contribution < -0.4 is 5.56 Å². The molecular formula is C23H15BrN2O5. The number of aromatic nitrogens is 1. The van der Waals surface area contributed by atoms with E-state index >= 15 is 0 Å². The molecule has 0 saturated carbocycles. The first kappa shape index (κ1) is 20.5. The van der Waals surface area contributed by atoms with Crippen LogP contribution in [-0.2, 0) is 6.54 Å². The van der Waals surface area contributed by atoms with E-state index in [1.807, 2.05) is 6.07 Å². The van der Waals surface area contributed by atoms with Gasteiger partial charge in [-0.1, -0.05) is 58.4 Å². The highest BCUT2D eigenvalue weighted by Crippen LogP contribution is 2.33. The van der Waals surface area contributed by atoms with E-state index in [4.69, 9.17) is 0 Å². The number of nitro benzene ring substituents is 1. The van der Waals surface area contributed by atoms with Crippen LogP contribution in [0.2, 0.25) is 0 Å². The Labute approximate surface area is 184 Å². The summed E-state index contributed by atoms with van der Waals surface area (Å²) >= 11 is 3.40. The number of carboxylic acid groups (broad SMARTS) is 1. The third kappa shape index (κ3) is 3.85. The molecule has 154 valence electrons. The van der Waals surface area contributed by atoms with E-state index in [0.29, 0.717) is 31.9 Å². The van der Waals surface area contributed by atoms with Crippen molar-refractivity contribution >= 4 is 38.4 Å². The molecule has 0 atom stereocenters. The van der Waals surface area contributed by atoms with Crippen molar-refractivity contribution in [2.45, 2.75) is 6.54 Å². The van der Waals surface area contributed by atoms with Gasteiger partial charge in [-0.2, -0.15) is 0 Å². The number of nitro groups is 1.